The molecular formula is C27H22ClN9O3. The Labute approximate surface area is 232 Å². The summed E-state index contributed by atoms with van der Waals surface area (Å²) in [5.74, 6) is -0.421. The Hall–Kier alpha value is -5.28. The minimum absolute atomic E-state index is 0.0897. The molecule has 12 nitrogen and oxygen atoms in total. The molecular weight excluding hydrogens is 534 g/mol. The lowest BCUT2D eigenvalue weighted by molar-refractivity contribution is -0.114. The van der Waals surface area contributed by atoms with E-state index in [1.807, 2.05) is 0 Å². The molecule has 0 atom stereocenters. The zero-order valence-corrected chi connectivity index (χ0v) is 22.4. The number of rotatable bonds is 6. The van der Waals surface area contributed by atoms with Crippen molar-refractivity contribution >= 4 is 45.7 Å². The quantitative estimate of drug-likeness (QED) is 0.324. The summed E-state index contributed by atoms with van der Waals surface area (Å²) in [6.07, 6.45) is 4.79. The second-order valence-electron chi connectivity index (χ2n) is 9.13. The van der Waals surface area contributed by atoms with Gasteiger partial charge in [0, 0.05) is 37.4 Å². The highest BCUT2D eigenvalue weighted by atomic mass is 35.5. The molecule has 0 spiro atoms. The SMILES string of the molecule is CC(=O)Nc1ccc(C#N)cc1Cn1c(Nc2cc3cn(C)nc3cc2Cl)nc(=O)n(-c2cncc(C)c2)c1=O. The number of hydrogen-bond acceptors (Lipinski definition) is 8. The van der Waals surface area contributed by atoms with Crippen LogP contribution in [0.25, 0.3) is 16.6 Å². The van der Waals surface area contributed by atoms with Gasteiger partial charge in [-0.15, -0.1) is 0 Å². The third-order valence-electron chi connectivity index (χ3n) is 6.02. The molecule has 3 aromatic heterocycles. The number of amides is 1. The van der Waals surface area contributed by atoms with Crippen LogP contribution in [0.3, 0.4) is 0 Å². The Morgan fingerprint density at radius 2 is 1.93 bits per heavy atom. The van der Waals surface area contributed by atoms with Crippen molar-refractivity contribution in [3.05, 3.63) is 97.7 Å². The average molecular weight is 556 g/mol. The van der Waals surface area contributed by atoms with E-state index in [0.29, 0.717) is 33.0 Å². The van der Waals surface area contributed by atoms with Gasteiger partial charge in [-0.1, -0.05) is 11.6 Å². The van der Waals surface area contributed by atoms with Crippen LogP contribution in [0.2, 0.25) is 5.02 Å². The average Bonchev–Trinajstić information content (AvgIpc) is 3.25. The highest BCUT2D eigenvalue weighted by molar-refractivity contribution is 6.34. The Balaban J connectivity index is 1.72. The van der Waals surface area contributed by atoms with Gasteiger partial charge >= 0.3 is 11.4 Å². The molecule has 0 aliphatic rings. The van der Waals surface area contributed by atoms with Gasteiger partial charge in [-0.3, -0.25) is 19.0 Å². The summed E-state index contributed by atoms with van der Waals surface area (Å²) in [5, 5.41) is 20.6. The van der Waals surface area contributed by atoms with Crippen molar-refractivity contribution in [2.45, 2.75) is 20.4 Å². The summed E-state index contributed by atoms with van der Waals surface area (Å²) in [4.78, 5) is 47.3. The number of hydrogen-bond donors (Lipinski definition) is 2. The molecule has 0 saturated carbocycles. The maximum absolute atomic E-state index is 13.9. The fourth-order valence-electron chi connectivity index (χ4n) is 4.28. The fraction of sp³-hybridized carbons (Fsp3) is 0.148. The van der Waals surface area contributed by atoms with E-state index in [1.165, 1.54) is 17.7 Å². The molecule has 0 radical (unpaired) electrons. The van der Waals surface area contributed by atoms with Crippen LogP contribution in [0.1, 0.15) is 23.6 Å². The van der Waals surface area contributed by atoms with E-state index in [9.17, 15) is 19.6 Å². The molecule has 5 aromatic rings. The van der Waals surface area contributed by atoms with E-state index in [2.05, 4.69) is 31.8 Å². The smallest absolute Gasteiger partial charge is 0.326 e. The van der Waals surface area contributed by atoms with Gasteiger partial charge in [-0.05, 0) is 54.4 Å². The van der Waals surface area contributed by atoms with Crippen molar-refractivity contribution < 1.29 is 4.79 Å². The standard InChI is InChI=1S/C27H22ClN9O3/c1-15-6-20(12-30-11-15)37-26(39)33-25(32-24-8-19-13-35(3)34-23(19)9-21(24)28)36(27(37)40)14-18-7-17(10-29)4-5-22(18)31-16(2)38/h4-9,11-13H,14H2,1-3H3,(H,31,38)(H,32,33,39). The summed E-state index contributed by atoms with van der Waals surface area (Å²) in [6, 6.07) is 11.8. The first-order valence-electron chi connectivity index (χ1n) is 12.0. The zero-order valence-electron chi connectivity index (χ0n) is 21.6. The zero-order chi connectivity index (χ0) is 28.6. The molecule has 40 heavy (non-hydrogen) atoms. The topological polar surface area (TPSA) is 153 Å². The van der Waals surface area contributed by atoms with Gasteiger partial charge in [0.05, 0.1) is 46.3 Å². The summed E-state index contributed by atoms with van der Waals surface area (Å²) in [7, 11) is 1.78. The predicted octanol–water partition coefficient (Wildman–Crippen LogP) is 3.26. The van der Waals surface area contributed by atoms with Gasteiger partial charge in [-0.2, -0.15) is 15.3 Å². The van der Waals surface area contributed by atoms with E-state index < -0.39 is 11.4 Å². The van der Waals surface area contributed by atoms with Gasteiger partial charge in [0.1, 0.15) is 0 Å². The first-order chi connectivity index (χ1) is 19.1. The monoisotopic (exact) mass is 555 g/mol. The minimum Gasteiger partial charge on any atom is -0.326 e. The third-order valence-corrected chi connectivity index (χ3v) is 6.33. The summed E-state index contributed by atoms with van der Waals surface area (Å²) in [5.41, 5.74) is 1.66. The molecule has 2 N–H and O–H groups in total. The highest BCUT2D eigenvalue weighted by Gasteiger charge is 2.19. The third kappa shape index (κ3) is 5.18. The molecule has 13 heteroatoms. The van der Waals surface area contributed by atoms with Crippen LogP contribution in [0.5, 0.6) is 0 Å². The number of benzene rings is 2. The van der Waals surface area contributed by atoms with Crippen molar-refractivity contribution in [1.82, 2.24) is 28.9 Å². The van der Waals surface area contributed by atoms with Crippen LogP contribution in [0.4, 0.5) is 17.3 Å². The molecule has 0 unspecified atom stereocenters. The number of fused-ring (bicyclic) bond motifs is 1. The number of aryl methyl sites for hydroxylation is 2. The summed E-state index contributed by atoms with van der Waals surface area (Å²) < 4.78 is 3.78. The first kappa shape index (κ1) is 26.3. The van der Waals surface area contributed by atoms with Crippen LogP contribution in [-0.2, 0) is 18.4 Å². The van der Waals surface area contributed by atoms with E-state index in [4.69, 9.17) is 11.6 Å². The molecule has 0 aliphatic heterocycles. The molecule has 3 heterocycles. The lowest BCUT2D eigenvalue weighted by Crippen LogP contribution is -2.42. The van der Waals surface area contributed by atoms with E-state index >= 15 is 0 Å². The maximum Gasteiger partial charge on any atom is 0.359 e. The van der Waals surface area contributed by atoms with Crippen molar-refractivity contribution in [3.63, 3.8) is 0 Å². The van der Waals surface area contributed by atoms with E-state index in [0.717, 1.165) is 15.5 Å². The summed E-state index contributed by atoms with van der Waals surface area (Å²) in [6.45, 7) is 2.99. The van der Waals surface area contributed by atoms with E-state index in [1.54, 1.807) is 67.4 Å². The lowest BCUT2D eigenvalue weighted by atomic mass is 10.1. The van der Waals surface area contributed by atoms with Crippen LogP contribution in [0.15, 0.2) is 64.6 Å². The van der Waals surface area contributed by atoms with Gasteiger partial charge in [0.25, 0.3) is 0 Å². The van der Waals surface area contributed by atoms with Gasteiger partial charge in [0.15, 0.2) is 0 Å². The van der Waals surface area contributed by atoms with Gasteiger partial charge in [0.2, 0.25) is 11.9 Å². The summed E-state index contributed by atoms with van der Waals surface area (Å²) >= 11 is 6.52. The van der Waals surface area contributed by atoms with Crippen molar-refractivity contribution in [2.24, 2.45) is 7.05 Å². The largest absolute Gasteiger partial charge is 0.359 e. The Bertz CT molecular complexity index is 1970. The minimum atomic E-state index is -0.831. The number of anilines is 3. The fourth-order valence-corrected chi connectivity index (χ4v) is 4.48. The molecule has 0 saturated heterocycles. The number of carbonyl (C=O) groups is 1. The van der Waals surface area contributed by atoms with Gasteiger partial charge < -0.3 is 10.6 Å². The number of aromatic nitrogens is 6. The second-order valence-corrected chi connectivity index (χ2v) is 9.53. The second kappa shape index (κ2) is 10.5. The lowest BCUT2D eigenvalue weighted by Gasteiger charge is -2.18. The van der Waals surface area contributed by atoms with E-state index in [-0.39, 0.29) is 24.1 Å². The van der Waals surface area contributed by atoms with Crippen LogP contribution < -0.4 is 22.0 Å². The van der Waals surface area contributed by atoms with Crippen LogP contribution >= 0.6 is 11.6 Å². The predicted molar refractivity (Wildman–Crippen MR) is 150 cm³/mol. The normalized spacial score (nSPS) is 10.9. The van der Waals surface area contributed by atoms with Crippen LogP contribution in [0, 0.1) is 18.3 Å². The van der Waals surface area contributed by atoms with Crippen LogP contribution in [-0.4, -0.2) is 34.8 Å². The number of nitrogens with one attached hydrogen (secondary N) is 2. The van der Waals surface area contributed by atoms with Crippen molar-refractivity contribution in [3.8, 4) is 11.8 Å². The van der Waals surface area contributed by atoms with Gasteiger partial charge in [-0.25, -0.2) is 14.2 Å². The molecule has 0 fully saturated rings. The molecule has 0 bridgehead atoms. The number of halogens is 1. The highest BCUT2D eigenvalue weighted by Crippen LogP contribution is 2.29. The number of pyridine rings is 1. The molecule has 200 valence electrons. The molecule has 1 amide bonds. The molecule has 0 aliphatic carbocycles. The number of carbonyl (C=O) groups excluding carboxylic acids is 1. The molecule has 5 rings (SSSR count). The Kier molecular flexibility index (Phi) is 6.89. The maximum atomic E-state index is 13.9. The van der Waals surface area contributed by atoms with Crippen molar-refractivity contribution in [2.75, 3.05) is 10.6 Å². The first-order valence-corrected chi connectivity index (χ1v) is 12.4. The Morgan fingerprint density at radius 1 is 1.12 bits per heavy atom. The number of nitriles is 1. The Morgan fingerprint density at radius 3 is 2.65 bits per heavy atom. The number of nitrogens with zero attached hydrogens (tertiary/aromatic N) is 7. The molecule has 2 aromatic carbocycles. The van der Waals surface area contributed by atoms with Crippen molar-refractivity contribution in [1.29, 1.82) is 5.26 Å².